The van der Waals surface area contributed by atoms with E-state index in [2.05, 4.69) is 64.4 Å². The molecule has 4 aliphatic carbocycles. The number of nitrogens with zero attached hydrogens (tertiary/aromatic N) is 1. The number of carboxylic acid groups (broad SMARTS) is 1. The summed E-state index contributed by atoms with van der Waals surface area (Å²) in [6, 6.07) is 7.56. The lowest BCUT2D eigenvalue weighted by Gasteiger charge is -2.71. The molecule has 0 amide bonds. The minimum absolute atomic E-state index is 0.260. The van der Waals surface area contributed by atoms with Gasteiger partial charge in [0, 0.05) is 32.7 Å². The predicted octanol–water partition coefficient (Wildman–Crippen LogP) is 9.74. The van der Waals surface area contributed by atoms with Gasteiger partial charge in [-0.05, 0) is 146 Å². The highest BCUT2D eigenvalue weighted by Gasteiger charge is 2.68. The second-order valence-electron chi connectivity index (χ2n) is 17.9. The number of allylic oxidation sites excluding steroid dienone is 3. The molecule has 5 aliphatic rings. The van der Waals surface area contributed by atoms with Crippen LogP contribution < -0.4 is 5.32 Å². The summed E-state index contributed by atoms with van der Waals surface area (Å²) in [6.45, 7) is 27.1. The Hall–Kier alpha value is -1.95. The maximum atomic E-state index is 11.5. The Bertz CT molecular complexity index is 1360. The average Bonchev–Trinajstić information content (AvgIpc) is 3.48. The smallest absolute Gasteiger partial charge is 0.335 e. The first-order valence-corrected chi connectivity index (χ1v) is 20.1. The molecule has 1 aromatic carbocycles. The van der Waals surface area contributed by atoms with Gasteiger partial charge in [-0.1, -0.05) is 71.4 Å². The molecular weight excluding hydrogens is 604 g/mol. The Labute approximate surface area is 298 Å². The summed E-state index contributed by atoms with van der Waals surface area (Å²) in [5.74, 6) is 2.77. The van der Waals surface area contributed by atoms with Gasteiger partial charge in [-0.2, -0.15) is 0 Å². The van der Waals surface area contributed by atoms with Gasteiger partial charge >= 0.3 is 5.97 Å². The fourth-order valence-electron chi connectivity index (χ4n) is 13.0. The van der Waals surface area contributed by atoms with Crippen molar-refractivity contribution in [3.05, 3.63) is 53.6 Å². The summed E-state index contributed by atoms with van der Waals surface area (Å²) < 4.78 is 5.59. The van der Waals surface area contributed by atoms with Crippen molar-refractivity contribution in [1.29, 1.82) is 0 Å². The maximum absolute atomic E-state index is 11.5. The molecule has 49 heavy (non-hydrogen) atoms. The Balaban J connectivity index is 1.25. The molecule has 1 aliphatic heterocycles. The van der Waals surface area contributed by atoms with Crippen molar-refractivity contribution < 1.29 is 14.6 Å². The molecule has 6 rings (SSSR count). The summed E-state index contributed by atoms with van der Waals surface area (Å²) in [6.07, 6.45) is 16.7. The second kappa shape index (κ2) is 14.6. The van der Waals surface area contributed by atoms with Crippen LogP contribution in [0, 0.1) is 51.2 Å². The molecule has 2 N–H and O–H groups in total. The summed E-state index contributed by atoms with van der Waals surface area (Å²) in [5.41, 5.74) is 5.67. The van der Waals surface area contributed by atoms with Gasteiger partial charge < -0.3 is 15.2 Å². The van der Waals surface area contributed by atoms with Crippen LogP contribution in [0.4, 0.5) is 0 Å². The number of carboxylic acids is 1. The van der Waals surface area contributed by atoms with Gasteiger partial charge in [0.2, 0.25) is 0 Å². The first-order chi connectivity index (χ1) is 23.4. The van der Waals surface area contributed by atoms with Crippen LogP contribution in [-0.4, -0.2) is 61.9 Å². The number of morpholine rings is 1. The van der Waals surface area contributed by atoms with E-state index in [0.717, 1.165) is 70.0 Å². The molecule has 272 valence electrons. The van der Waals surface area contributed by atoms with E-state index in [0.29, 0.717) is 33.6 Å². The molecular formula is C44H68N2O3. The van der Waals surface area contributed by atoms with E-state index in [1.807, 2.05) is 12.1 Å². The Morgan fingerprint density at radius 1 is 0.980 bits per heavy atom. The number of benzene rings is 1. The SMILES string of the molecule is C=C(C)C1CCC2(CNCCN3CCOCC3)CCC3(C)C(CCC4C(C)(CC=C(CC)c5ccc(C(=O)O)cc5)C(CC)CCC43C)C12. The van der Waals surface area contributed by atoms with E-state index >= 15 is 0 Å². The number of aromatic carboxylic acids is 1. The summed E-state index contributed by atoms with van der Waals surface area (Å²) in [4.78, 5) is 14.1. The fraction of sp³-hybridized carbons (Fsp3) is 0.750. The van der Waals surface area contributed by atoms with Crippen molar-refractivity contribution in [2.24, 2.45) is 51.2 Å². The van der Waals surface area contributed by atoms with Crippen LogP contribution in [0.3, 0.4) is 0 Å². The number of fused-ring (bicyclic) bond motifs is 5. The molecule has 1 aromatic rings. The molecule has 5 nitrogen and oxygen atoms in total. The lowest BCUT2D eigenvalue weighted by Crippen LogP contribution is -2.64. The van der Waals surface area contributed by atoms with Crippen LogP contribution in [0.2, 0.25) is 0 Å². The van der Waals surface area contributed by atoms with Crippen LogP contribution in [-0.2, 0) is 4.74 Å². The molecule has 9 atom stereocenters. The Morgan fingerprint density at radius 2 is 1.69 bits per heavy atom. The highest BCUT2D eigenvalue weighted by molar-refractivity contribution is 5.88. The lowest BCUT2D eigenvalue weighted by molar-refractivity contribution is -0.216. The molecule has 1 heterocycles. The minimum atomic E-state index is -0.857. The lowest BCUT2D eigenvalue weighted by atomic mass is 9.34. The number of nitrogens with one attached hydrogen (secondary N) is 1. The zero-order valence-corrected chi connectivity index (χ0v) is 31.9. The maximum Gasteiger partial charge on any atom is 0.335 e. The van der Waals surface area contributed by atoms with E-state index in [9.17, 15) is 9.90 Å². The van der Waals surface area contributed by atoms with Gasteiger partial charge in [0.05, 0.1) is 18.8 Å². The van der Waals surface area contributed by atoms with Gasteiger partial charge in [0.15, 0.2) is 0 Å². The molecule has 4 saturated carbocycles. The number of ether oxygens (including phenoxy) is 1. The third kappa shape index (κ3) is 6.52. The van der Waals surface area contributed by atoms with E-state index in [1.54, 1.807) is 12.1 Å². The van der Waals surface area contributed by atoms with E-state index in [4.69, 9.17) is 4.74 Å². The third-order valence-electron chi connectivity index (χ3n) is 16.1. The molecule has 0 radical (unpaired) electrons. The first-order valence-electron chi connectivity index (χ1n) is 20.1. The molecule has 5 heteroatoms. The number of hydrogen-bond donors (Lipinski definition) is 2. The monoisotopic (exact) mass is 673 g/mol. The van der Waals surface area contributed by atoms with Gasteiger partial charge in [0.1, 0.15) is 0 Å². The van der Waals surface area contributed by atoms with Crippen molar-refractivity contribution >= 4 is 11.5 Å². The van der Waals surface area contributed by atoms with Crippen LogP contribution in [0.15, 0.2) is 42.5 Å². The largest absolute Gasteiger partial charge is 0.478 e. The van der Waals surface area contributed by atoms with Gasteiger partial charge in [0.25, 0.3) is 0 Å². The van der Waals surface area contributed by atoms with Crippen LogP contribution in [0.1, 0.15) is 128 Å². The van der Waals surface area contributed by atoms with Crippen LogP contribution in [0.5, 0.6) is 0 Å². The van der Waals surface area contributed by atoms with Crippen LogP contribution >= 0.6 is 0 Å². The summed E-state index contributed by atoms with van der Waals surface area (Å²) in [7, 11) is 0. The number of rotatable bonds is 12. The topological polar surface area (TPSA) is 61.8 Å². The average molecular weight is 673 g/mol. The number of hydrogen-bond acceptors (Lipinski definition) is 4. The molecule has 5 fully saturated rings. The second-order valence-corrected chi connectivity index (χ2v) is 17.9. The zero-order chi connectivity index (χ0) is 35.0. The van der Waals surface area contributed by atoms with E-state index < -0.39 is 5.97 Å². The predicted molar refractivity (Wildman–Crippen MR) is 203 cm³/mol. The van der Waals surface area contributed by atoms with Crippen molar-refractivity contribution in [2.75, 3.05) is 45.9 Å². The third-order valence-corrected chi connectivity index (χ3v) is 16.1. The van der Waals surface area contributed by atoms with Gasteiger partial charge in [-0.15, -0.1) is 0 Å². The van der Waals surface area contributed by atoms with Gasteiger partial charge in [-0.25, -0.2) is 4.79 Å². The van der Waals surface area contributed by atoms with Gasteiger partial charge in [-0.3, -0.25) is 4.90 Å². The standard InChI is InChI=1S/C44H68N2O3/c1-8-32(33-10-12-34(13-11-33)40(47)48)16-19-41(5)35(9-2)17-20-43(7)38(41)15-14-37-39-36(31(3)4)18-21-44(39,23-22-42(37,43)6)30-45-24-25-46-26-28-49-29-27-46/h10-13,16,35-39,45H,3,8-9,14-15,17-30H2,1-2,4-7H3,(H,47,48). The van der Waals surface area contributed by atoms with Crippen molar-refractivity contribution in [3.8, 4) is 0 Å². The van der Waals surface area contributed by atoms with E-state index in [-0.39, 0.29) is 5.41 Å². The highest BCUT2D eigenvalue weighted by Crippen LogP contribution is 2.76. The quantitative estimate of drug-likeness (QED) is 0.171. The van der Waals surface area contributed by atoms with Crippen molar-refractivity contribution in [1.82, 2.24) is 10.2 Å². The van der Waals surface area contributed by atoms with E-state index in [1.165, 1.54) is 81.0 Å². The summed E-state index contributed by atoms with van der Waals surface area (Å²) in [5, 5.41) is 13.5. The number of carbonyl (C=O) groups is 1. The minimum Gasteiger partial charge on any atom is -0.478 e. The Morgan fingerprint density at radius 3 is 2.35 bits per heavy atom. The normalized spacial score (nSPS) is 39.6. The highest BCUT2D eigenvalue weighted by atomic mass is 16.5. The first kappa shape index (κ1) is 36.8. The van der Waals surface area contributed by atoms with Crippen molar-refractivity contribution in [3.63, 3.8) is 0 Å². The molecule has 0 bridgehead atoms. The fourth-order valence-corrected chi connectivity index (χ4v) is 13.0. The molecule has 0 spiro atoms. The molecule has 1 saturated heterocycles. The zero-order valence-electron chi connectivity index (χ0n) is 31.9. The Kier molecular flexibility index (Phi) is 11.0. The molecule has 9 unspecified atom stereocenters. The summed E-state index contributed by atoms with van der Waals surface area (Å²) >= 11 is 0. The molecule has 0 aromatic heterocycles. The van der Waals surface area contributed by atoms with Crippen LogP contribution in [0.25, 0.3) is 5.57 Å². The van der Waals surface area contributed by atoms with Crippen molar-refractivity contribution in [2.45, 2.75) is 112 Å².